The maximum absolute atomic E-state index is 12.3. The minimum Gasteiger partial charge on any atom is -0.395 e. The molecule has 1 aromatic carbocycles. The molecule has 1 aromatic rings. The molecule has 1 aliphatic heterocycles. The standard InChI is InChI=1S/C24H38N2O3/c1-18(2)23(29)20-10-8-19(9-11-20)7-6-12-26-14-13-25(15-21(26)17-27)16-22(28)24(3,4)5/h8-11,18,21,27H,6-7,12-17H2,1-5H3/t21-/m1/s1. The van der Waals surface area contributed by atoms with Gasteiger partial charge in [-0.15, -0.1) is 0 Å². The Kier molecular flexibility index (Phi) is 8.56. The Morgan fingerprint density at radius 3 is 2.34 bits per heavy atom. The lowest BCUT2D eigenvalue weighted by atomic mass is 9.90. The quantitative estimate of drug-likeness (QED) is 0.643. The molecule has 0 aliphatic carbocycles. The van der Waals surface area contributed by atoms with Gasteiger partial charge in [0.05, 0.1) is 13.2 Å². The molecular weight excluding hydrogens is 364 g/mol. The van der Waals surface area contributed by atoms with Crippen LogP contribution in [0.5, 0.6) is 0 Å². The first-order valence-corrected chi connectivity index (χ1v) is 10.9. The summed E-state index contributed by atoms with van der Waals surface area (Å²) in [6.07, 6.45) is 1.96. The van der Waals surface area contributed by atoms with Gasteiger partial charge in [0.2, 0.25) is 0 Å². The van der Waals surface area contributed by atoms with Crippen LogP contribution in [0.4, 0.5) is 0 Å². The van der Waals surface area contributed by atoms with Crippen LogP contribution in [0.1, 0.15) is 57.0 Å². The molecular formula is C24H38N2O3. The van der Waals surface area contributed by atoms with E-state index < -0.39 is 0 Å². The van der Waals surface area contributed by atoms with Crippen molar-refractivity contribution in [2.45, 2.75) is 53.5 Å². The predicted octanol–water partition coefficient (Wildman–Crippen LogP) is 3.05. The van der Waals surface area contributed by atoms with Crippen LogP contribution in [-0.2, 0) is 11.2 Å². The van der Waals surface area contributed by atoms with Crippen LogP contribution in [0.25, 0.3) is 0 Å². The first-order valence-electron chi connectivity index (χ1n) is 10.9. The van der Waals surface area contributed by atoms with E-state index in [1.807, 2.05) is 46.8 Å². The predicted molar refractivity (Wildman–Crippen MR) is 117 cm³/mol. The van der Waals surface area contributed by atoms with E-state index in [0.29, 0.717) is 6.54 Å². The Balaban J connectivity index is 1.80. The van der Waals surface area contributed by atoms with E-state index in [1.54, 1.807) is 0 Å². The van der Waals surface area contributed by atoms with E-state index in [-0.39, 0.29) is 35.5 Å². The zero-order valence-corrected chi connectivity index (χ0v) is 18.8. The number of ketones is 2. The number of benzene rings is 1. The summed E-state index contributed by atoms with van der Waals surface area (Å²) < 4.78 is 0. The number of hydrogen-bond acceptors (Lipinski definition) is 5. The number of carbonyl (C=O) groups excluding carboxylic acids is 2. The summed E-state index contributed by atoms with van der Waals surface area (Å²) in [4.78, 5) is 28.9. The maximum atomic E-state index is 12.3. The van der Waals surface area contributed by atoms with Crippen molar-refractivity contribution in [3.05, 3.63) is 35.4 Å². The second-order valence-corrected chi connectivity index (χ2v) is 9.60. The molecule has 1 heterocycles. The van der Waals surface area contributed by atoms with Crippen LogP contribution in [0, 0.1) is 11.3 Å². The highest BCUT2D eigenvalue weighted by Crippen LogP contribution is 2.18. The zero-order chi connectivity index (χ0) is 21.6. The van der Waals surface area contributed by atoms with Crippen LogP contribution in [0.15, 0.2) is 24.3 Å². The highest BCUT2D eigenvalue weighted by molar-refractivity contribution is 5.97. The highest BCUT2D eigenvalue weighted by atomic mass is 16.3. The van der Waals surface area contributed by atoms with Crippen molar-refractivity contribution < 1.29 is 14.7 Å². The number of aliphatic hydroxyl groups excluding tert-OH is 1. The monoisotopic (exact) mass is 402 g/mol. The summed E-state index contributed by atoms with van der Waals surface area (Å²) in [5, 5.41) is 9.83. The summed E-state index contributed by atoms with van der Waals surface area (Å²) in [6.45, 7) is 13.7. The molecule has 5 nitrogen and oxygen atoms in total. The van der Waals surface area contributed by atoms with Gasteiger partial charge in [0.1, 0.15) is 0 Å². The molecule has 0 aromatic heterocycles. The van der Waals surface area contributed by atoms with E-state index in [1.165, 1.54) is 5.56 Å². The third-order valence-corrected chi connectivity index (χ3v) is 5.78. The molecule has 162 valence electrons. The van der Waals surface area contributed by atoms with E-state index >= 15 is 0 Å². The smallest absolute Gasteiger partial charge is 0.165 e. The molecule has 0 spiro atoms. The third-order valence-electron chi connectivity index (χ3n) is 5.78. The average Bonchev–Trinajstić information content (AvgIpc) is 2.68. The molecule has 1 aliphatic rings. The fourth-order valence-corrected chi connectivity index (χ4v) is 3.66. The highest BCUT2D eigenvalue weighted by Gasteiger charge is 2.30. The minimum absolute atomic E-state index is 0.0219. The number of carbonyl (C=O) groups is 2. The molecule has 0 unspecified atom stereocenters. The number of piperazine rings is 1. The van der Waals surface area contributed by atoms with Crippen molar-refractivity contribution >= 4 is 11.6 Å². The van der Waals surface area contributed by atoms with Gasteiger partial charge in [0, 0.05) is 42.6 Å². The van der Waals surface area contributed by atoms with Crippen molar-refractivity contribution in [2.75, 3.05) is 39.3 Å². The Hall–Kier alpha value is -1.56. The van der Waals surface area contributed by atoms with Crippen molar-refractivity contribution in [3.8, 4) is 0 Å². The van der Waals surface area contributed by atoms with Gasteiger partial charge in [0.25, 0.3) is 0 Å². The van der Waals surface area contributed by atoms with Gasteiger partial charge < -0.3 is 5.11 Å². The summed E-state index contributed by atoms with van der Waals surface area (Å²) in [5.74, 6) is 0.459. The number of aryl methyl sites for hydroxylation is 1. The molecule has 1 saturated heterocycles. The van der Waals surface area contributed by atoms with Gasteiger partial charge >= 0.3 is 0 Å². The van der Waals surface area contributed by atoms with Crippen LogP contribution < -0.4 is 0 Å². The summed E-state index contributed by atoms with van der Waals surface area (Å²) in [7, 11) is 0. The first-order chi connectivity index (χ1) is 13.6. The first kappa shape index (κ1) is 23.7. The lowest BCUT2D eigenvalue weighted by molar-refractivity contribution is -0.128. The molecule has 5 heteroatoms. The van der Waals surface area contributed by atoms with Gasteiger partial charge in [-0.1, -0.05) is 58.9 Å². The van der Waals surface area contributed by atoms with Gasteiger partial charge in [-0.05, 0) is 24.9 Å². The molecule has 2 rings (SSSR count). The Morgan fingerprint density at radius 2 is 1.79 bits per heavy atom. The number of nitrogens with zero attached hydrogens (tertiary/aromatic N) is 2. The van der Waals surface area contributed by atoms with Crippen molar-refractivity contribution in [1.29, 1.82) is 0 Å². The van der Waals surface area contributed by atoms with Gasteiger partial charge in [0.15, 0.2) is 11.6 Å². The van der Waals surface area contributed by atoms with Crippen LogP contribution in [0.2, 0.25) is 0 Å². The topological polar surface area (TPSA) is 60.9 Å². The summed E-state index contributed by atoms with van der Waals surface area (Å²) >= 11 is 0. The fraction of sp³-hybridized carbons (Fsp3) is 0.667. The summed E-state index contributed by atoms with van der Waals surface area (Å²) in [6, 6.07) is 8.05. The van der Waals surface area contributed by atoms with E-state index in [4.69, 9.17) is 0 Å². The molecule has 0 saturated carbocycles. The molecule has 0 bridgehead atoms. The fourth-order valence-electron chi connectivity index (χ4n) is 3.66. The molecule has 0 amide bonds. The molecule has 1 N–H and O–H groups in total. The van der Waals surface area contributed by atoms with E-state index in [2.05, 4.69) is 21.9 Å². The van der Waals surface area contributed by atoms with Gasteiger partial charge in [-0.3, -0.25) is 19.4 Å². The Labute approximate surface area is 176 Å². The van der Waals surface area contributed by atoms with Crippen molar-refractivity contribution in [2.24, 2.45) is 11.3 Å². The van der Waals surface area contributed by atoms with Crippen LogP contribution >= 0.6 is 0 Å². The van der Waals surface area contributed by atoms with E-state index in [9.17, 15) is 14.7 Å². The third kappa shape index (κ3) is 7.02. The second kappa shape index (κ2) is 10.5. The lowest BCUT2D eigenvalue weighted by Crippen LogP contribution is -2.56. The lowest BCUT2D eigenvalue weighted by Gasteiger charge is -2.41. The van der Waals surface area contributed by atoms with Crippen molar-refractivity contribution in [3.63, 3.8) is 0 Å². The van der Waals surface area contributed by atoms with Gasteiger partial charge in [-0.2, -0.15) is 0 Å². The molecule has 1 atom stereocenters. The zero-order valence-electron chi connectivity index (χ0n) is 18.8. The minimum atomic E-state index is -0.318. The van der Waals surface area contributed by atoms with Crippen molar-refractivity contribution in [1.82, 2.24) is 9.80 Å². The summed E-state index contributed by atoms with van der Waals surface area (Å²) in [5.41, 5.74) is 1.70. The largest absolute Gasteiger partial charge is 0.395 e. The number of hydrogen-bond donors (Lipinski definition) is 1. The van der Waals surface area contributed by atoms with Crippen LogP contribution in [-0.4, -0.2) is 71.8 Å². The number of Topliss-reactive ketones (excluding diaryl/α,β-unsaturated/α-hetero) is 2. The molecule has 0 radical (unpaired) electrons. The normalized spacial score (nSPS) is 18.9. The van der Waals surface area contributed by atoms with Gasteiger partial charge in [-0.25, -0.2) is 0 Å². The Bertz CT molecular complexity index is 676. The molecule has 29 heavy (non-hydrogen) atoms. The maximum Gasteiger partial charge on any atom is 0.165 e. The van der Waals surface area contributed by atoms with Crippen LogP contribution in [0.3, 0.4) is 0 Å². The average molecular weight is 403 g/mol. The number of rotatable bonds is 9. The second-order valence-electron chi connectivity index (χ2n) is 9.60. The molecule has 1 fully saturated rings. The number of aliphatic hydroxyl groups is 1. The van der Waals surface area contributed by atoms with E-state index in [0.717, 1.165) is 44.6 Å². The Morgan fingerprint density at radius 1 is 1.14 bits per heavy atom. The SMILES string of the molecule is CC(C)C(=O)c1ccc(CCCN2CCN(CC(=O)C(C)(C)C)C[C@@H]2CO)cc1.